The van der Waals surface area contributed by atoms with Gasteiger partial charge in [0.25, 0.3) is 5.91 Å². The van der Waals surface area contributed by atoms with Crippen molar-refractivity contribution in [1.82, 2.24) is 15.1 Å². The van der Waals surface area contributed by atoms with Crippen LogP contribution in [-0.2, 0) is 0 Å². The van der Waals surface area contributed by atoms with Crippen LogP contribution in [0.4, 0.5) is 0 Å². The summed E-state index contributed by atoms with van der Waals surface area (Å²) in [6.45, 7) is 0. The van der Waals surface area contributed by atoms with Gasteiger partial charge in [-0.1, -0.05) is 0 Å². The number of carbonyl (C=O) groups excluding carboxylic acids is 1. The van der Waals surface area contributed by atoms with E-state index in [1.54, 1.807) is 20.3 Å². The van der Waals surface area contributed by atoms with E-state index in [4.69, 9.17) is 0 Å². The number of H-pyrrole nitrogens is 1. The quantitative estimate of drug-likeness (QED) is 0.600. The lowest BCUT2D eigenvalue weighted by molar-refractivity contribution is 0.0827. The molecule has 0 radical (unpaired) electrons. The lowest BCUT2D eigenvalue weighted by Gasteiger charge is -2.06. The molecule has 1 aromatic heterocycles. The molecule has 0 saturated heterocycles. The van der Waals surface area contributed by atoms with Crippen LogP contribution in [-0.4, -0.2) is 35.1 Å². The van der Waals surface area contributed by atoms with Gasteiger partial charge in [0.15, 0.2) is 0 Å². The Bertz CT molecular complexity index is 215. The third-order valence-electron chi connectivity index (χ3n) is 1.15. The molecule has 1 rings (SSSR count). The lowest BCUT2D eigenvalue weighted by atomic mass is 10.3. The third kappa shape index (κ3) is 1.15. The Morgan fingerprint density at radius 1 is 1.70 bits per heavy atom. The summed E-state index contributed by atoms with van der Waals surface area (Å²) in [7, 11) is 3.41. The fourth-order valence-electron chi connectivity index (χ4n) is 0.626. The van der Waals surface area contributed by atoms with Crippen LogP contribution in [0.2, 0.25) is 0 Å². The minimum Gasteiger partial charge on any atom is -0.345 e. The van der Waals surface area contributed by atoms with E-state index >= 15 is 0 Å². The summed E-state index contributed by atoms with van der Waals surface area (Å²) in [6.07, 6.45) is 3.07. The van der Waals surface area contributed by atoms with Gasteiger partial charge in [0.1, 0.15) is 0 Å². The van der Waals surface area contributed by atoms with E-state index in [1.807, 2.05) is 0 Å². The van der Waals surface area contributed by atoms with E-state index in [2.05, 4.69) is 10.2 Å². The van der Waals surface area contributed by atoms with E-state index in [9.17, 15) is 4.79 Å². The first-order valence-electron chi connectivity index (χ1n) is 2.92. The first-order valence-corrected chi connectivity index (χ1v) is 2.92. The molecule has 0 bridgehead atoms. The molecule has 4 nitrogen and oxygen atoms in total. The largest absolute Gasteiger partial charge is 0.345 e. The molecule has 0 unspecified atom stereocenters. The SMILES string of the molecule is CN(C)C(=O)c1cn[nH]c1. The standard InChI is InChI=1S/C6H9N3O/c1-9(2)6(10)5-3-7-8-4-5/h3-4H,1-2H3,(H,7,8). The molecule has 0 fully saturated rings. The normalized spacial score (nSPS) is 9.40. The second-order valence-corrected chi connectivity index (χ2v) is 2.19. The van der Waals surface area contributed by atoms with Crippen molar-refractivity contribution in [2.24, 2.45) is 0 Å². The minimum absolute atomic E-state index is 0.0336. The molecule has 0 saturated carbocycles. The van der Waals surface area contributed by atoms with Crippen LogP contribution in [0.5, 0.6) is 0 Å². The Morgan fingerprint density at radius 3 is 2.80 bits per heavy atom. The fourth-order valence-corrected chi connectivity index (χ4v) is 0.626. The van der Waals surface area contributed by atoms with Gasteiger partial charge in [-0.25, -0.2) is 0 Å². The van der Waals surface area contributed by atoms with Crippen molar-refractivity contribution in [3.05, 3.63) is 18.0 Å². The number of hydrogen-bond acceptors (Lipinski definition) is 2. The van der Waals surface area contributed by atoms with Crippen LogP contribution in [0.1, 0.15) is 10.4 Å². The smallest absolute Gasteiger partial charge is 0.256 e. The molecule has 0 aliphatic carbocycles. The molecule has 1 heterocycles. The maximum atomic E-state index is 11.1. The zero-order valence-electron chi connectivity index (χ0n) is 5.96. The number of hydrogen-bond donors (Lipinski definition) is 1. The summed E-state index contributed by atoms with van der Waals surface area (Å²) in [5.74, 6) is -0.0336. The molecule has 1 N–H and O–H groups in total. The average Bonchev–Trinajstić information content (AvgIpc) is 2.36. The van der Waals surface area contributed by atoms with Crippen LogP contribution in [0, 0.1) is 0 Å². The zero-order valence-corrected chi connectivity index (χ0v) is 5.96. The van der Waals surface area contributed by atoms with E-state index in [-0.39, 0.29) is 5.91 Å². The molecule has 0 aliphatic rings. The fraction of sp³-hybridized carbons (Fsp3) is 0.333. The van der Waals surface area contributed by atoms with Crippen LogP contribution < -0.4 is 0 Å². The summed E-state index contributed by atoms with van der Waals surface area (Å²) in [5.41, 5.74) is 0.588. The maximum absolute atomic E-state index is 11.1. The Balaban J connectivity index is 2.78. The number of amides is 1. The Labute approximate surface area is 58.8 Å². The highest BCUT2D eigenvalue weighted by Gasteiger charge is 2.06. The molecule has 54 valence electrons. The molecule has 0 atom stereocenters. The molecule has 4 heteroatoms. The maximum Gasteiger partial charge on any atom is 0.256 e. The van der Waals surface area contributed by atoms with Gasteiger partial charge in [-0.05, 0) is 0 Å². The van der Waals surface area contributed by atoms with Gasteiger partial charge in [-0.15, -0.1) is 0 Å². The minimum atomic E-state index is -0.0336. The van der Waals surface area contributed by atoms with Gasteiger partial charge in [0.05, 0.1) is 11.8 Å². The van der Waals surface area contributed by atoms with Crippen LogP contribution >= 0.6 is 0 Å². The summed E-state index contributed by atoms with van der Waals surface area (Å²) in [4.78, 5) is 12.6. The van der Waals surface area contributed by atoms with Crippen LogP contribution in [0.3, 0.4) is 0 Å². The zero-order chi connectivity index (χ0) is 7.56. The molecule has 1 aromatic rings. The molecule has 10 heavy (non-hydrogen) atoms. The first-order chi connectivity index (χ1) is 4.72. The predicted molar refractivity (Wildman–Crippen MR) is 36.6 cm³/mol. The number of carbonyl (C=O) groups is 1. The van der Waals surface area contributed by atoms with E-state index in [1.165, 1.54) is 11.1 Å². The number of nitrogens with one attached hydrogen (secondary N) is 1. The molecule has 0 aliphatic heterocycles. The second kappa shape index (κ2) is 2.51. The van der Waals surface area contributed by atoms with Gasteiger partial charge in [-0.3, -0.25) is 9.89 Å². The topological polar surface area (TPSA) is 49.0 Å². The highest BCUT2D eigenvalue weighted by atomic mass is 16.2. The second-order valence-electron chi connectivity index (χ2n) is 2.19. The summed E-state index contributed by atoms with van der Waals surface area (Å²) in [6, 6.07) is 0. The van der Waals surface area contributed by atoms with Crippen molar-refractivity contribution in [2.75, 3.05) is 14.1 Å². The molecule has 0 spiro atoms. The summed E-state index contributed by atoms with van der Waals surface area (Å²) < 4.78 is 0. The van der Waals surface area contributed by atoms with Gasteiger partial charge in [0.2, 0.25) is 0 Å². The van der Waals surface area contributed by atoms with Crippen molar-refractivity contribution in [3.63, 3.8) is 0 Å². The van der Waals surface area contributed by atoms with Gasteiger partial charge in [-0.2, -0.15) is 5.10 Å². The van der Waals surface area contributed by atoms with Crippen molar-refractivity contribution in [2.45, 2.75) is 0 Å². The van der Waals surface area contributed by atoms with E-state index in [0.29, 0.717) is 5.56 Å². The van der Waals surface area contributed by atoms with Crippen molar-refractivity contribution >= 4 is 5.91 Å². The molecule has 0 aromatic carbocycles. The summed E-state index contributed by atoms with van der Waals surface area (Å²) in [5, 5.41) is 6.22. The van der Waals surface area contributed by atoms with Gasteiger partial charge >= 0.3 is 0 Å². The van der Waals surface area contributed by atoms with E-state index < -0.39 is 0 Å². The number of nitrogens with zero attached hydrogens (tertiary/aromatic N) is 2. The van der Waals surface area contributed by atoms with Gasteiger partial charge in [0, 0.05) is 20.3 Å². The average molecular weight is 139 g/mol. The van der Waals surface area contributed by atoms with Crippen molar-refractivity contribution < 1.29 is 4.79 Å². The Hall–Kier alpha value is -1.32. The number of aromatic amines is 1. The highest BCUT2D eigenvalue weighted by Crippen LogP contribution is 1.96. The molecular formula is C6H9N3O. The summed E-state index contributed by atoms with van der Waals surface area (Å²) >= 11 is 0. The molecular weight excluding hydrogens is 130 g/mol. The van der Waals surface area contributed by atoms with Crippen LogP contribution in [0.15, 0.2) is 12.4 Å². The predicted octanol–water partition coefficient (Wildman–Crippen LogP) is 0.111. The van der Waals surface area contributed by atoms with Crippen molar-refractivity contribution in [3.8, 4) is 0 Å². The van der Waals surface area contributed by atoms with Gasteiger partial charge < -0.3 is 4.90 Å². The Morgan fingerprint density at radius 2 is 2.40 bits per heavy atom. The monoisotopic (exact) mass is 139 g/mol. The lowest BCUT2D eigenvalue weighted by Crippen LogP contribution is -2.20. The Kier molecular flexibility index (Phi) is 1.71. The number of rotatable bonds is 1. The van der Waals surface area contributed by atoms with Crippen LogP contribution in [0.25, 0.3) is 0 Å². The van der Waals surface area contributed by atoms with Crippen molar-refractivity contribution in [1.29, 1.82) is 0 Å². The highest BCUT2D eigenvalue weighted by molar-refractivity contribution is 5.93. The first kappa shape index (κ1) is 6.80. The van der Waals surface area contributed by atoms with E-state index in [0.717, 1.165) is 0 Å². The molecule has 1 amide bonds. The number of aromatic nitrogens is 2. The third-order valence-corrected chi connectivity index (χ3v) is 1.15.